The minimum atomic E-state index is -0.943. The van der Waals surface area contributed by atoms with Crippen LogP contribution in [-0.4, -0.2) is 42.3 Å². The van der Waals surface area contributed by atoms with Crippen LogP contribution < -0.4 is 22.1 Å². The average molecular weight is 437 g/mol. The van der Waals surface area contributed by atoms with Crippen LogP contribution in [0.4, 0.5) is 4.79 Å². The number of rotatable bonds is 13. The Labute approximate surface area is 184 Å². The normalized spacial score (nSPS) is 14.2. The van der Waals surface area contributed by atoms with Gasteiger partial charge in [0.1, 0.15) is 6.61 Å². The van der Waals surface area contributed by atoms with Crippen molar-refractivity contribution in [2.45, 2.75) is 65.1 Å². The highest BCUT2D eigenvalue weighted by Gasteiger charge is 2.25. The molecule has 1 aromatic rings. The van der Waals surface area contributed by atoms with Crippen molar-refractivity contribution >= 4 is 23.7 Å². The van der Waals surface area contributed by atoms with Gasteiger partial charge in [0.15, 0.2) is 5.78 Å². The first kappa shape index (κ1) is 24.3. The van der Waals surface area contributed by atoms with Crippen molar-refractivity contribution in [3.05, 3.63) is 35.4 Å². The van der Waals surface area contributed by atoms with Crippen molar-refractivity contribution < 1.29 is 25.3 Å². The van der Waals surface area contributed by atoms with E-state index in [1.54, 1.807) is 24.3 Å². The molecule has 0 spiro atoms. The van der Waals surface area contributed by atoms with Crippen LogP contribution in [0.5, 0.6) is 0 Å². The van der Waals surface area contributed by atoms with Crippen molar-refractivity contribution in [1.29, 1.82) is 0 Å². The first-order valence-electron chi connectivity index (χ1n) is 10.9. The summed E-state index contributed by atoms with van der Waals surface area (Å²) >= 11 is 0. The van der Waals surface area contributed by atoms with Gasteiger partial charge in [-0.2, -0.15) is 0 Å². The number of esters is 1. The number of urea groups is 1. The molecule has 0 radical (unpaired) electrons. The molecule has 3 atom stereocenters. The predicted octanol–water partition coefficient (Wildman–Crippen LogP) is 1.17. The maximum Gasteiger partial charge on any atom is 0.312 e. The van der Waals surface area contributed by atoms with Crippen LogP contribution >= 0.6 is 0 Å². The third kappa shape index (κ3) is 10.1. The summed E-state index contributed by atoms with van der Waals surface area (Å²) in [4.78, 5) is 47.5. The Kier molecular flexibility index (Phi) is 10.5. The summed E-state index contributed by atoms with van der Waals surface area (Å²) in [5.74, 6) is -1.27. The smallest absolute Gasteiger partial charge is 0.312 e. The van der Waals surface area contributed by atoms with Crippen LogP contribution in [-0.2, 0) is 32.1 Å². The number of hydrogen-bond acceptors (Lipinski definition) is 6. The molecule has 3 amide bonds. The molecule has 1 unspecified atom stereocenters. The van der Waals surface area contributed by atoms with Crippen LogP contribution in [0.25, 0.3) is 0 Å². The molecule has 1 aromatic carbocycles. The van der Waals surface area contributed by atoms with Gasteiger partial charge in [0.05, 0.1) is 12.1 Å². The number of ketones is 1. The van der Waals surface area contributed by atoms with Gasteiger partial charge in [-0.05, 0) is 29.9 Å². The molecule has 0 heterocycles. The fourth-order valence-electron chi connectivity index (χ4n) is 2.72. The lowest BCUT2D eigenvalue weighted by Crippen LogP contribution is -2.50. The lowest BCUT2D eigenvalue weighted by molar-refractivity contribution is -0.144. The predicted molar refractivity (Wildman–Crippen MR) is 117 cm³/mol. The van der Waals surface area contributed by atoms with Gasteiger partial charge in [-0.25, -0.2) is 4.79 Å². The second-order valence-corrected chi connectivity index (χ2v) is 7.62. The van der Waals surface area contributed by atoms with E-state index in [4.69, 9.17) is 17.6 Å². The third-order valence-corrected chi connectivity index (χ3v) is 4.71. The maximum atomic E-state index is 12.9. The van der Waals surface area contributed by atoms with E-state index in [1.807, 2.05) is 13.8 Å². The lowest BCUT2D eigenvalue weighted by Gasteiger charge is -2.22. The van der Waals surface area contributed by atoms with Gasteiger partial charge >= 0.3 is 12.0 Å². The number of Topliss-reactive ketones (excluding diaryl/α,β-unsaturated/α-hetero) is 1. The van der Waals surface area contributed by atoms with E-state index in [0.29, 0.717) is 12.8 Å². The monoisotopic (exact) mass is 436 g/mol. The molecular formula is C22H34N4O5. The van der Waals surface area contributed by atoms with Crippen LogP contribution in [0.1, 0.15) is 52.5 Å². The van der Waals surface area contributed by atoms with Crippen LogP contribution in [0.2, 0.25) is 0 Å². The van der Waals surface area contributed by atoms with Crippen LogP contribution in [0, 0.1) is 5.92 Å². The molecule has 0 aromatic heterocycles. The molecule has 0 bridgehead atoms. The molecular weight excluding hydrogens is 400 g/mol. The average Bonchev–Trinajstić information content (AvgIpc) is 2.73. The topological polar surface area (TPSA) is 154 Å². The van der Waals surface area contributed by atoms with E-state index in [9.17, 15) is 19.2 Å². The fraction of sp³-hybridized carbons (Fsp3) is 0.545. The molecule has 1 rings (SSSR count). The highest BCUT2D eigenvalue weighted by Crippen LogP contribution is 2.11. The number of nitrogens with two attached hydrogens (primary N) is 2. The summed E-state index contributed by atoms with van der Waals surface area (Å²) in [5.41, 5.74) is 12.4. The Morgan fingerprint density at radius 3 is 2.29 bits per heavy atom. The van der Waals surface area contributed by atoms with Crippen molar-refractivity contribution in [3.63, 3.8) is 0 Å². The van der Waals surface area contributed by atoms with Gasteiger partial charge in [0.25, 0.3) is 0 Å². The van der Waals surface area contributed by atoms with Gasteiger partial charge in [-0.1, -0.05) is 45.0 Å². The fourth-order valence-corrected chi connectivity index (χ4v) is 2.72. The van der Waals surface area contributed by atoms with Crippen molar-refractivity contribution in [1.82, 2.24) is 10.6 Å². The molecule has 9 heteroatoms. The summed E-state index contributed by atoms with van der Waals surface area (Å²) < 4.78 is 12.3. The Hall–Kier alpha value is -2.94. The van der Waals surface area contributed by atoms with Gasteiger partial charge in [-0.3, -0.25) is 14.4 Å². The molecule has 0 aliphatic heterocycles. The largest absolute Gasteiger partial charge is 0.461 e. The molecule has 0 fully saturated rings. The van der Waals surface area contributed by atoms with Gasteiger partial charge < -0.3 is 26.8 Å². The zero-order valence-electron chi connectivity index (χ0n) is 19.4. The SMILES string of the molecule is [3H]C(C)C(=O)OCc1ccc(CC(=O)[C@H](CCCNC(N)=O)NC(=O)[C@@H](N)C(C)C)cc1. The third-order valence-electron chi connectivity index (χ3n) is 4.71. The molecule has 6 N–H and O–H groups in total. The number of carbonyl (C=O) groups excluding carboxylic acids is 4. The maximum absolute atomic E-state index is 12.9. The quantitative estimate of drug-likeness (QED) is 0.269. The Morgan fingerprint density at radius 2 is 1.74 bits per heavy atom. The van der Waals surface area contributed by atoms with Crippen LogP contribution in [0.15, 0.2) is 24.3 Å². The van der Waals surface area contributed by atoms with E-state index in [0.717, 1.165) is 11.1 Å². The number of carbonyl (C=O) groups is 4. The van der Waals surface area contributed by atoms with Gasteiger partial charge in [0.2, 0.25) is 5.91 Å². The summed E-state index contributed by atoms with van der Waals surface area (Å²) in [5, 5.41) is 5.19. The summed E-state index contributed by atoms with van der Waals surface area (Å²) in [7, 11) is 0. The summed E-state index contributed by atoms with van der Waals surface area (Å²) in [6.45, 7) is 5.41. The van der Waals surface area contributed by atoms with Gasteiger partial charge in [0, 0.05) is 20.7 Å². The second kappa shape index (κ2) is 13.4. The minimum absolute atomic E-state index is 0.0505. The van der Waals surface area contributed by atoms with Crippen LogP contribution in [0.3, 0.4) is 0 Å². The summed E-state index contributed by atoms with van der Waals surface area (Å²) in [6.07, 6.45) is -0.0693. The number of benzene rings is 1. The van der Waals surface area contributed by atoms with E-state index in [2.05, 4.69) is 10.6 Å². The first-order chi connectivity index (χ1) is 15.0. The van der Waals surface area contributed by atoms with E-state index in [1.165, 1.54) is 6.92 Å². The number of primary amides is 1. The Morgan fingerprint density at radius 1 is 1.13 bits per heavy atom. The highest BCUT2D eigenvalue weighted by atomic mass is 16.5. The minimum Gasteiger partial charge on any atom is -0.461 e. The zero-order valence-corrected chi connectivity index (χ0v) is 18.4. The molecule has 172 valence electrons. The molecule has 0 saturated carbocycles. The van der Waals surface area contributed by atoms with Crippen molar-refractivity contribution in [3.8, 4) is 0 Å². The van der Waals surface area contributed by atoms with E-state index >= 15 is 0 Å². The number of amides is 3. The molecule has 0 saturated heterocycles. The number of nitrogens with one attached hydrogen (secondary N) is 2. The number of ether oxygens (including phenoxy) is 1. The van der Waals surface area contributed by atoms with E-state index < -0.39 is 36.4 Å². The Balaban J connectivity index is 2.75. The summed E-state index contributed by atoms with van der Waals surface area (Å²) in [6, 6.07) is 4.84. The second-order valence-electron chi connectivity index (χ2n) is 7.62. The van der Waals surface area contributed by atoms with E-state index in [-0.39, 0.29) is 31.3 Å². The van der Waals surface area contributed by atoms with Crippen molar-refractivity contribution in [2.75, 3.05) is 6.54 Å². The zero-order chi connectivity index (χ0) is 24.3. The van der Waals surface area contributed by atoms with Gasteiger partial charge in [-0.15, -0.1) is 0 Å². The first-order valence-corrected chi connectivity index (χ1v) is 10.3. The standard InChI is InChI=1S/C22H34N4O5/c1-4-19(28)31-13-16-9-7-15(8-10-16)12-18(27)17(6-5-11-25-22(24)30)26-21(29)20(23)14(2)3/h7-10,14,17,20H,4-6,11-13,23H2,1-3H3,(H,26,29)(H3,24,25,30)/t17-,20-/m0/s1/i4T/t4?,17-,20-. The molecule has 9 nitrogen and oxygen atoms in total. The van der Waals surface area contributed by atoms with Crippen molar-refractivity contribution in [2.24, 2.45) is 17.4 Å². The highest BCUT2D eigenvalue weighted by molar-refractivity contribution is 5.92. The molecule has 0 aliphatic carbocycles. The molecule has 0 aliphatic rings. The lowest BCUT2D eigenvalue weighted by atomic mass is 9.98. The molecule has 31 heavy (non-hydrogen) atoms. The number of hydrogen-bond donors (Lipinski definition) is 4. The Bertz CT molecular complexity index is 783.